The van der Waals surface area contributed by atoms with Gasteiger partial charge in [-0.25, -0.2) is 0 Å². The van der Waals surface area contributed by atoms with Gasteiger partial charge in [-0.05, 0) is 32.9 Å². The highest BCUT2D eigenvalue weighted by Gasteiger charge is 2.26. The molecule has 0 saturated heterocycles. The van der Waals surface area contributed by atoms with Gasteiger partial charge in [0.25, 0.3) is 0 Å². The molecule has 0 aliphatic carbocycles. The molecule has 0 fully saturated rings. The summed E-state index contributed by atoms with van der Waals surface area (Å²) < 4.78 is 0. The molecule has 0 radical (unpaired) electrons. The third kappa shape index (κ3) is 11.2. The van der Waals surface area contributed by atoms with Gasteiger partial charge in [0, 0.05) is 5.54 Å². The van der Waals surface area contributed by atoms with Crippen molar-refractivity contribution in [3.05, 3.63) is 0 Å². The SMILES string of the molecule is CCCCCCCCCCCCCCC(C)(CC)N(CC)CC. The lowest BCUT2D eigenvalue weighted by atomic mass is 9.89. The Kier molecular flexibility index (Phi) is 15.5. The Balaban J connectivity index is 3.50. The van der Waals surface area contributed by atoms with Crippen molar-refractivity contribution in [3.63, 3.8) is 0 Å². The molecule has 0 aromatic heterocycles. The predicted octanol–water partition coefficient (Wildman–Crippen LogP) is 7.59. The van der Waals surface area contributed by atoms with Crippen LogP contribution in [-0.4, -0.2) is 23.5 Å². The van der Waals surface area contributed by atoms with Crippen LogP contribution in [0, 0.1) is 0 Å². The van der Waals surface area contributed by atoms with Gasteiger partial charge >= 0.3 is 0 Å². The average molecular weight is 326 g/mol. The smallest absolute Gasteiger partial charge is 0.0178 e. The summed E-state index contributed by atoms with van der Waals surface area (Å²) in [7, 11) is 0. The summed E-state index contributed by atoms with van der Waals surface area (Å²) in [5.74, 6) is 0. The number of hydrogen-bond donors (Lipinski definition) is 0. The average Bonchev–Trinajstić information content (AvgIpc) is 2.57. The highest BCUT2D eigenvalue weighted by atomic mass is 15.2. The number of hydrogen-bond acceptors (Lipinski definition) is 1. The van der Waals surface area contributed by atoms with E-state index in [0.29, 0.717) is 5.54 Å². The molecule has 0 aromatic rings. The molecule has 1 atom stereocenters. The fourth-order valence-corrected chi connectivity index (χ4v) is 3.89. The molecule has 0 aliphatic heterocycles. The zero-order valence-corrected chi connectivity index (χ0v) is 17.3. The van der Waals surface area contributed by atoms with Crippen LogP contribution in [0.5, 0.6) is 0 Å². The summed E-state index contributed by atoms with van der Waals surface area (Å²) in [6.07, 6.45) is 20.0. The second kappa shape index (κ2) is 15.5. The minimum atomic E-state index is 0.433. The van der Waals surface area contributed by atoms with E-state index in [4.69, 9.17) is 0 Å². The molecule has 0 spiro atoms. The molecule has 0 aromatic carbocycles. The summed E-state index contributed by atoms with van der Waals surface area (Å²) in [5.41, 5.74) is 0.433. The van der Waals surface area contributed by atoms with Crippen LogP contribution in [0.3, 0.4) is 0 Å². The van der Waals surface area contributed by atoms with Crippen molar-refractivity contribution in [2.75, 3.05) is 13.1 Å². The van der Waals surface area contributed by atoms with Crippen LogP contribution in [0.25, 0.3) is 0 Å². The molecule has 140 valence electrons. The first kappa shape index (κ1) is 23.0. The van der Waals surface area contributed by atoms with Gasteiger partial charge in [-0.1, -0.05) is 105 Å². The minimum Gasteiger partial charge on any atom is -0.298 e. The molecular weight excluding hydrogens is 278 g/mol. The van der Waals surface area contributed by atoms with Crippen molar-refractivity contribution in [2.45, 2.75) is 130 Å². The molecular formula is C22H47N. The van der Waals surface area contributed by atoms with Crippen LogP contribution < -0.4 is 0 Å². The van der Waals surface area contributed by atoms with Gasteiger partial charge in [-0.15, -0.1) is 0 Å². The molecule has 0 aliphatic rings. The zero-order valence-electron chi connectivity index (χ0n) is 17.3. The van der Waals surface area contributed by atoms with E-state index >= 15 is 0 Å². The molecule has 1 heteroatoms. The first-order chi connectivity index (χ1) is 11.1. The topological polar surface area (TPSA) is 3.24 Å². The molecule has 0 amide bonds. The monoisotopic (exact) mass is 325 g/mol. The van der Waals surface area contributed by atoms with Gasteiger partial charge in [0.15, 0.2) is 0 Å². The minimum absolute atomic E-state index is 0.433. The second-order valence-corrected chi connectivity index (χ2v) is 7.66. The second-order valence-electron chi connectivity index (χ2n) is 7.66. The van der Waals surface area contributed by atoms with Crippen LogP contribution >= 0.6 is 0 Å². The fraction of sp³-hybridized carbons (Fsp3) is 1.00. The lowest BCUT2D eigenvalue weighted by Gasteiger charge is -2.40. The Morgan fingerprint density at radius 2 is 0.957 bits per heavy atom. The van der Waals surface area contributed by atoms with Gasteiger partial charge in [0.2, 0.25) is 0 Å². The number of unbranched alkanes of at least 4 members (excludes halogenated alkanes) is 11. The molecule has 0 rings (SSSR count). The third-order valence-electron chi connectivity index (χ3n) is 5.86. The largest absolute Gasteiger partial charge is 0.298 e. The molecule has 23 heavy (non-hydrogen) atoms. The maximum absolute atomic E-state index is 2.66. The van der Waals surface area contributed by atoms with Crippen molar-refractivity contribution in [1.29, 1.82) is 0 Å². The van der Waals surface area contributed by atoms with Gasteiger partial charge in [-0.3, -0.25) is 4.90 Å². The van der Waals surface area contributed by atoms with Crippen molar-refractivity contribution in [3.8, 4) is 0 Å². The quantitative estimate of drug-likeness (QED) is 0.249. The molecule has 0 heterocycles. The van der Waals surface area contributed by atoms with Crippen molar-refractivity contribution in [2.24, 2.45) is 0 Å². The van der Waals surface area contributed by atoms with Gasteiger partial charge in [-0.2, -0.15) is 0 Å². The summed E-state index contributed by atoms with van der Waals surface area (Å²) in [5, 5.41) is 0. The van der Waals surface area contributed by atoms with Crippen LogP contribution in [0.2, 0.25) is 0 Å². The first-order valence-corrected chi connectivity index (χ1v) is 10.9. The van der Waals surface area contributed by atoms with E-state index < -0.39 is 0 Å². The molecule has 0 saturated carbocycles. The molecule has 1 nitrogen and oxygen atoms in total. The third-order valence-corrected chi connectivity index (χ3v) is 5.86. The maximum Gasteiger partial charge on any atom is 0.0178 e. The lowest BCUT2D eigenvalue weighted by molar-refractivity contribution is 0.0994. The summed E-state index contributed by atoms with van der Waals surface area (Å²) in [4.78, 5) is 2.66. The normalized spacial score (nSPS) is 14.3. The van der Waals surface area contributed by atoms with Crippen molar-refractivity contribution < 1.29 is 0 Å². The van der Waals surface area contributed by atoms with E-state index in [-0.39, 0.29) is 0 Å². The van der Waals surface area contributed by atoms with Gasteiger partial charge in [0.1, 0.15) is 0 Å². The molecule has 0 N–H and O–H groups in total. The molecule has 0 bridgehead atoms. The standard InChI is InChI=1S/C22H47N/c1-6-10-11-12-13-14-15-16-17-18-19-20-21-22(5,7-2)23(8-3)9-4/h6-21H2,1-5H3. The van der Waals surface area contributed by atoms with Crippen molar-refractivity contribution >= 4 is 0 Å². The fourth-order valence-electron chi connectivity index (χ4n) is 3.89. The Hall–Kier alpha value is -0.0400. The number of nitrogens with zero attached hydrogens (tertiary/aromatic N) is 1. The first-order valence-electron chi connectivity index (χ1n) is 10.9. The Labute approximate surface area is 148 Å². The van der Waals surface area contributed by atoms with Crippen molar-refractivity contribution in [1.82, 2.24) is 4.90 Å². The van der Waals surface area contributed by atoms with Crippen LogP contribution in [0.1, 0.15) is 125 Å². The lowest BCUT2D eigenvalue weighted by Crippen LogP contribution is -2.45. The maximum atomic E-state index is 2.66. The van der Waals surface area contributed by atoms with E-state index in [1.165, 1.54) is 103 Å². The van der Waals surface area contributed by atoms with E-state index in [2.05, 4.69) is 39.5 Å². The Morgan fingerprint density at radius 1 is 0.565 bits per heavy atom. The van der Waals surface area contributed by atoms with Gasteiger partial charge in [0.05, 0.1) is 0 Å². The zero-order chi connectivity index (χ0) is 17.4. The Morgan fingerprint density at radius 3 is 1.30 bits per heavy atom. The molecule has 1 unspecified atom stereocenters. The van der Waals surface area contributed by atoms with E-state index in [1.54, 1.807) is 0 Å². The Bertz CT molecular complexity index is 234. The van der Waals surface area contributed by atoms with Crippen LogP contribution in [0.15, 0.2) is 0 Å². The summed E-state index contributed by atoms with van der Waals surface area (Å²) in [6.45, 7) is 14.1. The number of rotatable bonds is 17. The highest BCUT2D eigenvalue weighted by Crippen LogP contribution is 2.26. The van der Waals surface area contributed by atoms with E-state index in [9.17, 15) is 0 Å². The van der Waals surface area contributed by atoms with E-state index in [1.807, 2.05) is 0 Å². The predicted molar refractivity (Wildman–Crippen MR) is 107 cm³/mol. The van der Waals surface area contributed by atoms with Gasteiger partial charge < -0.3 is 0 Å². The van der Waals surface area contributed by atoms with Crippen LogP contribution in [0.4, 0.5) is 0 Å². The summed E-state index contributed by atoms with van der Waals surface area (Å²) >= 11 is 0. The van der Waals surface area contributed by atoms with E-state index in [0.717, 1.165) is 0 Å². The highest BCUT2D eigenvalue weighted by molar-refractivity contribution is 4.83. The van der Waals surface area contributed by atoms with Crippen LogP contribution in [-0.2, 0) is 0 Å². The summed E-state index contributed by atoms with van der Waals surface area (Å²) in [6, 6.07) is 0.